The molecule has 0 N–H and O–H groups in total. The van der Waals surface area contributed by atoms with Crippen molar-refractivity contribution in [3.63, 3.8) is 0 Å². The fraction of sp³-hybridized carbons (Fsp3) is 0.0417. The third-order valence-electron chi connectivity index (χ3n) is 3.99. The van der Waals surface area contributed by atoms with E-state index in [1.165, 1.54) is 9.79 Å². The van der Waals surface area contributed by atoms with Crippen molar-refractivity contribution in [3.8, 4) is 0 Å². The summed E-state index contributed by atoms with van der Waals surface area (Å²) >= 11 is 0. The number of carbonyl (C=O) groups is 1. The summed E-state index contributed by atoms with van der Waals surface area (Å²) in [6.07, 6.45) is 2.60. The van der Waals surface area contributed by atoms with E-state index in [-0.39, 0.29) is 16.9 Å². The molecule has 0 fully saturated rings. The smallest absolute Gasteiger partial charge is 0.339 e. The van der Waals surface area contributed by atoms with E-state index in [1.54, 1.807) is 12.2 Å². The lowest BCUT2D eigenvalue weighted by atomic mass is 10.2. The zero-order chi connectivity index (χ0) is 19.1. The van der Waals surface area contributed by atoms with E-state index >= 15 is 0 Å². The highest BCUT2D eigenvalue weighted by Crippen LogP contribution is 2.31. The maximum absolute atomic E-state index is 12.3. The van der Waals surface area contributed by atoms with Crippen molar-refractivity contribution >= 4 is 16.9 Å². The van der Waals surface area contributed by atoms with Crippen LogP contribution in [0.3, 0.4) is 0 Å². The summed E-state index contributed by atoms with van der Waals surface area (Å²) in [6.45, 7) is 7.27. The summed E-state index contributed by atoms with van der Waals surface area (Å²) in [5.74, 6) is -0.384. The molecule has 0 amide bonds. The van der Waals surface area contributed by atoms with Crippen molar-refractivity contribution < 1.29 is 9.53 Å². The fourth-order valence-electron chi connectivity index (χ4n) is 2.63. The van der Waals surface area contributed by atoms with Gasteiger partial charge >= 0.3 is 5.97 Å². The van der Waals surface area contributed by atoms with Gasteiger partial charge in [0.15, 0.2) is 14.7 Å². The predicted octanol–water partition coefficient (Wildman–Crippen LogP) is 5.68. The molecule has 3 aromatic rings. The van der Waals surface area contributed by atoms with Crippen molar-refractivity contribution in [3.05, 3.63) is 116 Å². The van der Waals surface area contributed by atoms with Gasteiger partial charge in [-0.3, -0.25) is 0 Å². The van der Waals surface area contributed by atoms with Gasteiger partial charge in [0.25, 0.3) is 0 Å². The molecular weight excluding hydrogens is 352 g/mol. The van der Waals surface area contributed by atoms with Crippen LogP contribution >= 0.6 is 0 Å². The lowest BCUT2D eigenvalue weighted by Gasteiger charge is -2.10. The molecule has 0 radical (unpaired) electrons. The molecule has 0 aliphatic heterocycles. The Balaban J connectivity index is 1.91. The second kappa shape index (κ2) is 9.06. The summed E-state index contributed by atoms with van der Waals surface area (Å²) in [6, 6.07) is 28.4. The highest BCUT2D eigenvalue weighted by Gasteiger charge is 2.28. The van der Waals surface area contributed by atoms with E-state index < -0.39 is 6.10 Å². The Bertz CT molecular complexity index is 855. The Labute approximate surface area is 163 Å². The molecule has 0 spiro atoms. The van der Waals surface area contributed by atoms with E-state index in [4.69, 9.17) is 4.74 Å². The molecule has 0 atom stereocenters. The molecule has 134 valence electrons. The third kappa shape index (κ3) is 4.57. The second-order valence-electron chi connectivity index (χ2n) is 5.80. The van der Waals surface area contributed by atoms with Crippen LogP contribution < -0.4 is 0 Å². The molecule has 3 aromatic carbocycles. The quantitative estimate of drug-likeness (QED) is 0.303. The standard InChI is InChI=1S/C24H21O2S/c1-3-20(4-2)26-24(25)19-15-17-23(18-16-19)27(21-11-7-5-8-12-21)22-13-9-6-10-14-22/h3-18,20H,1-2H2/q+1. The number of hydrogen-bond donors (Lipinski definition) is 0. The van der Waals surface area contributed by atoms with Crippen LogP contribution in [0.15, 0.2) is 125 Å². The van der Waals surface area contributed by atoms with Gasteiger partial charge in [-0.2, -0.15) is 0 Å². The first-order valence-corrected chi connectivity index (χ1v) is 9.86. The maximum atomic E-state index is 12.3. The van der Waals surface area contributed by atoms with E-state index in [1.807, 2.05) is 36.4 Å². The van der Waals surface area contributed by atoms with Crippen LogP contribution in [-0.2, 0) is 15.6 Å². The topological polar surface area (TPSA) is 26.3 Å². The molecule has 27 heavy (non-hydrogen) atoms. The maximum Gasteiger partial charge on any atom is 0.339 e. The zero-order valence-corrected chi connectivity index (χ0v) is 15.8. The minimum absolute atomic E-state index is 0.235. The Morgan fingerprint density at radius 2 is 1.19 bits per heavy atom. The predicted molar refractivity (Wildman–Crippen MR) is 111 cm³/mol. The highest BCUT2D eigenvalue weighted by molar-refractivity contribution is 7.97. The molecule has 0 aliphatic rings. The summed E-state index contributed by atoms with van der Waals surface area (Å²) in [5.41, 5.74) is 0.511. The number of carbonyl (C=O) groups excluding carboxylic acids is 1. The van der Waals surface area contributed by atoms with E-state index in [2.05, 4.69) is 61.7 Å². The van der Waals surface area contributed by atoms with Gasteiger partial charge in [0, 0.05) is 0 Å². The van der Waals surface area contributed by atoms with Gasteiger partial charge in [-0.05, 0) is 60.7 Å². The van der Waals surface area contributed by atoms with Crippen LogP contribution in [0.25, 0.3) is 0 Å². The molecule has 3 heteroatoms. The molecule has 0 saturated carbocycles. The van der Waals surface area contributed by atoms with E-state index in [0.29, 0.717) is 5.56 Å². The van der Waals surface area contributed by atoms with E-state index in [0.717, 1.165) is 4.90 Å². The molecule has 3 rings (SSSR count). The van der Waals surface area contributed by atoms with Crippen molar-refractivity contribution in [1.82, 2.24) is 0 Å². The summed E-state index contributed by atoms with van der Waals surface area (Å²) in [4.78, 5) is 15.9. The lowest BCUT2D eigenvalue weighted by Crippen LogP contribution is -2.13. The van der Waals surface area contributed by atoms with Crippen molar-refractivity contribution in [1.29, 1.82) is 0 Å². The number of rotatable bonds is 7. The number of esters is 1. The molecule has 2 nitrogen and oxygen atoms in total. The first-order chi connectivity index (χ1) is 13.2. The third-order valence-corrected chi connectivity index (χ3v) is 6.22. The monoisotopic (exact) mass is 373 g/mol. The van der Waals surface area contributed by atoms with Crippen molar-refractivity contribution in [2.24, 2.45) is 0 Å². The Morgan fingerprint density at radius 3 is 1.63 bits per heavy atom. The number of ether oxygens (including phenoxy) is 1. The molecule has 0 unspecified atom stereocenters. The molecule has 0 aliphatic carbocycles. The average Bonchev–Trinajstić information content (AvgIpc) is 2.74. The fourth-order valence-corrected chi connectivity index (χ4v) is 4.72. The number of hydrogen-bond acceptors (Lipinski definition) is 2. The summed E-state index contributed by atoms with van der Waals surface area (Å²) < 4.78 is 5.33. The Hall–Kier alpha value is -3.04. The largest absolute Gasteiger partial charge is 0.450 e. The molecule has 0 bridgehead atoms. The van der Waals surface area contributed by atoms with Crippen LogP contribution in [0.5, 0.6) is 0 Å². The van der Waals surface area contributed by atoms with Gasteiger partial charge in [0.1, 0.15) is 6.10 Å². The minimum Gasteiger partial charge on any atom is -0.450 e. The van der Waals surface area contributed by atoms with Gasteiger partial charge in [-0.25, -0.2) is 4.79 Å². The van der Waals surface area contributed by atoms with Crippen LogP contribution in [-0.4, -0.2) is 12.1 Å². The first-order valence-electron chi connectivity index (χ1n) is 8.63. The van der Waals surface area contributed by atoms with Gasteiger partial charge < -0.3 is 4.74 Å². The van der Waals surface area contributed by atoms with Crippen LogP contribution in [0.4, 0.5) is 0 Å². The van der Waals surface area contributed by atoms with Gasteiger partial charge in [0.2, 0.25) is 0 Å². The molecule has 0 saturated heterocycles. The number of benzene rings is 3. The normalized spacial score (nSPS) is 10.6. The van der Waals surface area contributed by atoms with Crippen molar-refractivity contribution in [2.75, 3.05) is 0 Å². The van der Waals surface area contributed by atoms with Gasteiger partial charge in [-0.15, -0.1) is 0 Å². The molecular formula is C24H21O2S+. The van der Waals surface area contributed by atoms with Gasteiger partial charge in [-0.1, -0.05) is 49.6 Å². The molecule has 0 aromatic heterocycles. The van der Waals surface area contributed by atoms with E-state index in [9.17, 15) is 4.79 Å². The van der Waals surface area contributed by atoms with Gasteiger partial charge in [0.05, 0.1) is 16.5 Å². The van der Waals surface area contributed by atoms with Crippen molar-refractivity contribution in [2.45, 2.75) is 20.8 Å². The second-order valence-corrected chi connectivity index (χ2v) is 7.82. The first kappa shape index (κ1) is 18.7. The minimum atomic E-state index is -0.486. The zero-order valence-electron chi connectivity index (χ0n) is 15.0. The average molecular weight is 373 g/mol. The van der Waals surface area contributed by atoms with Crippen LogP contribution in [0.1, 0.15) is 10.4 Å². The Morgan fingerprint density at radius 1 is 0.741 bits per heavy atom. The Kier molecular flexibility index (Phi) is 6.29. The SMILES string of the molecule is C=CC(C=C)OC(=O)c1ccc([S+](c2ccccc2)c2ccccc2)cc1. The summed E-state index contributed by atoms with van der Waals surface area (Å²) in [5, 5.41) is 0. The van der Waals surface area contributed by atoms with Crippen LogP contribution in [0, 0.1) is 0 Å². The lowest BCUT2D eigenvalue weighted by molar-refractivity contribution is 0.0464. The highest BCUT2D eigenvalue weighted by atomic mass is 32.2. The van der Waals surface area contributed by atoms with Crippen LogP contribution in [0.2, 0.25) is 0 Å². The molecule has 0 heterocycles. The summed E-state index contributed by atoms with van der Waals surface area (Å²) in [7, 11) is -0.235.